The Morgan fingerprint density at radius 1 is 1.14 bits per heavy atom. The Morgan fingerprint density at radius 2 is 1.71 bits per heavy atom. The Balaban J connectivity index is 2.89. The Bertz CT molecular complexity index is 513. The number of benzene rings is 1. The third-order valence-corrected chi connectivity index (χ3v) is 2.72. The Hall–Kier alpha value is -2.24. The molecular formula is C15H22N2O4. The van der Waals surface area contributed by atoms with Crippen LogP contribution in [0, 0.1) is 5.92 Å². The molecule has 1 N–H and O–H groups in total. The van der Waals surface area contributed by atoms with E-state index in [1.165, 1.54) is 6.21 Å². The molecule has 0 radical (unpaired) electrons. The zero-order valence-corrected chi connectivity index (χ0v) is 13.1. The molecule has 6 nitrogen and oxygen atoms in total. The predicted molar refractivity (Wildman–Crippen MR) is 81.3 cm³/mol. The third kappa shape index (κ3) is 4.98. The van der Waals surface area contributed by atoms with Crippen molar-refractivity contribution in [2.24, 2.45) is 11.0 Å². The second-order valence-corrected chi connectivity index (χ2v) is 4.84. The molecule has 0 unspecified atom stereocenters. The van der Waals surface area contributed by atoms with Crippen molar-refractivity contribution in [2.75, 3.05) is 21.3 Å². The van der Waals surface area contributed by atoms with Crippen LogP contribution in [0.1, 0.15) is 25.8 Å². The number of carbonyl (C=O) groups is 1. The number of carbonyl (C=O) groups excluding carboxylic acids is 1. The molecule has 0 saturated carbocycles. The van der Waals surface area contributed by atoms with E-state index >= 15 is 0 Å². The van der Waals surface area contributed by atoms with Crippen LogP contribution in [0.25, 0.3) is 0 Å². The second-order valence-electron chi connectivity index (χ2n) is 4.84. The zero-order chi connectivity index (χ0) is 15.8. The summed E-state index contributed by atoms with van der Waals surface area (Å²) in [5.74, 6) is 1.87. The number of nitrogens with one attached hydrogen (secondary N) is 1. The summed E-state index contributed by atoms with van der Waals surface area (Å²) in [7, 11) is 4.66. The maximum Gasteiger partial charge on any atom is 0.240 e. The first-order valence-corrected chi connectivity index (χ1v) is 6.63. The van der Waals surface area contributed by atoms with Crippen molar-refractivity contribution in [3.05, 3.63) is 17.7 Å². The van der Waals surface area contributed by atoms with E-state index in [1.54, 1.807) is 33.5 Å². The summed E-state index contributed by atoms with van der Waals surface area (Å²) in [6, 6.07) is 3.44. The second kappa shape index (κ2) is 8.14. The molecule has 0 spiro atoms. The minimum atomic E-state index is -0.124. The molecule has 1 aromatic carbocycles. The van der Waals surface area contributed by atoms with Gasteiger partial charge in [-0.15, -0.1) is 0 Å². The van der Waals surface area contributed by atoms with Crippen molar-refractivity contribution < 1.29 is 19.0 Å². The first-order chi connectivity index (χ1) is 10.0. The van der Waals surface area contributed by atoms with Gasteiger partial charge in [-0.25, -0.2) is 5.43 Å². The molecule has 1 aromatic rings. The SMILES string of the molecule is COc1cc(OC)c(OC)cc1/C=N\NC(=O)CC(C)C. The summed E-state index contributed by atoms with van der Waals surface area (Å²) in [5, 5.41) is 3.93. The predicted octanol–water partition coefficient (Wildman–Crippen LogP) is 2.21. The molecule has 0 bridgehead atoms. The normalized spacial score (nSPS) is 10.8. The lowest BCUT2D eigenvalue weighted by Crippen LogP contribution is -2.19. The fraction of sp³-hybridized carbons (Fsp3) is 0.467. The summed E-state index contributed by atoms with van der Waals surface area (Å²) in [4.78, 5) is 11.5. The number of hydrazone groups is 1. The van der Waals surface area contributed by atoms with E-state index in [1.807, 2.05) is 13.8 Å². The van der Waals surface area contributed by atoms with Gasteiger partial charge in [-0.3, -0.25) is 4.79 Å². The molecule has 0 aliphatic rings. The number of amides is 1. The number of nitrogens with zero attached hydrogens (tertiary/aromatic N) is 1. The fourth-order valence-corrected chi connectivity index (χ4v) is 1.74. The molecule has 0 atom stereocenters. The van der Waals surface area contributed by atoms with Crippen LogP contribution in [0.15, 0.2) is 17.2 Å². The lowest BCUT2D eigenvalue weighted by atomic mass is 10.1. The van der Waals surface area contributed by atoms with Gasteiger partial charge >= 0.3 is 0 Å². The molecule has 0 aromatic heterocycles. The first kappa shape index (κ1) is 16.8. The van der Waals surface area contributed by atoms with E-state index in [4.69, 9.17) is 14.2 Å². The highest BCUT2D eigenvalue weighted by molar-refractivity contribution is 5.86. The lowest BCUT2D eigenvalue weighted by Gasteiger charge is -2.11. The summed E-state index contributed by atoms with van der Waals surface area (Å²) in [6.45, 7) is 3.95. The number of rotatable bonds is 7. The average Bonchev–Trinajstić information content (AvgIpc) is 2.45. The van der Waals surface area contributed by atoms with Crippen LogP contribution in [-0.4, -0.2) is 33.5 Å². The van der Waals surface area contributed by atoms with Crippen LogP contribution in [0.3, 0.4) is 0 Å². The Kier molecular flexibility index (Phi) is 6.52. The van der Waals surface area contributed by atoms with E-state index in [0.717, 1.165) is 0 Å². The van der Waals surface area contributed by atoms with Crippen molar-refractivity contribution >= 4 is 12.1 Å². The Labute approximate surface area is 125 Å². The maximum absolute atomic E-state index is 11.5. The molecule has 0 aliphatic carbocycles. The average molecular weight is 294 g/mol. The van der Waals surface area contributed by atoms with E-state index in [0.29, 0.717) is 29.2 Å². The largest absolute Gasteiger partial charge is 0.496 e. The molecule has 0 fully saturated rings. The highest BCUT2D eigenvalue weighted by Crippen LogP contribution is 2.33. The summed E-state index contributed by atoms with van der Waals surface area (Å²) in [6.07, 6.45) is 1.94. The molecular weight excluding hydrogens is 272 g/mol. The van der Waals surface area contributed by atoms with Gasteiger partial charge in [0.15, 0.2) is 11.5 Å². The lowest BCUT2D eigenvalue weighted by molar-refractivity contribution is -0.121. The van der Waals surface area contributed by atoms with Gasteiger partial charge in [0.25, 0.3) is 0 Å². The van der Waals surface area contributed by atoms with Gasteiger partial charge in [-0.2, -0.15) is 5.10 Å². The molecule has 1 amide bonds. The summed E-state index contributed by atoms with van der Waals surface area (Å²) in [5.41, 5.74) is 3.16. The van der Waals surface area contributed by atoms with Crippen LogP contribution in [0.2, 0.25) is 0 Å². The highest BCUT2D eigenvalue weighted by Gasteiger charge is 2.10. The molecule has 1 rings (SSSR count). The van der Waals surface area contributed by atoms with Gasteiger partial charge in [0, 0.05) is 18.1 Å². The van der Waals surface area contributed by atoms with Crippen LogP contribution in [0.5, 0.6) is 17.2 Å². The number of methoxy groups -OCH3 is 3. The standard InChI is InChI=1S/C15H22N2O4/c1-10(2)6-15(18)17-16-9-11-7-13(20-4)14(21-5)8-12(11)19-3/h7-10H,6H2,1-5H3,(H,17,18)/b16-9-. The number of hydrogen-bond donors (Lipinski definition) is 1. The minimum absolute atomic E-state index is 0.124. The number of hydrogen-bond acceptors (Lipinski definition) is 5. The van der Waals surface area contributed by atoms with Gasteiger partial charge in [0.05, 0.1) is 27.5 Å². The molecule has 0 aliphatic heterocycles. The van der Waals surface area contributed by atoms with Crippen LogP contribution in [0.4, 0.5) is 0 Å². The topological polar surface area (TPSA) is 69.2 Å². The zero-order valence-electron chi connectivity index (χ0n) is 13.1. The molecule has 0 saturated heterocycles. The van der Waals surface area contributed by atoms with Gasteiger partial charge < -0.3 is 14.2 Å². The van der Waals surface area contributed by atoms with Crippen molar-refractivity contribution in [3.8, 4) is 17.2 Å². The maximum atomic E-state index is 11.5. The minimum Gasteiger partial charge on any atom is -0.496 e. The molecule has 116 valence electrons. The number of ether oxygens (including phenoxy) is 3. The highest BCUT2D eigenvalue weighted by atomic mass is 16.5. The van der Waals surface area contributed by atoms with E-state index < -0.39 is 0 Å². The van der Waals surface area contributed by atoms with Crippen molar-refractivity contribution in [3.63, 3.8) is 0 Å². The van der Waals surface area contributed by atoms with E-state index in [-0.39, 0.29) is 11.8 Å². The quantitative estimate of drug-likeness (QED) is 0.618. The molecule has 21 heavy (non-hydrogen) atoms. The van der Waals surface area contributed by atoms with Crippen molar-refractivity contribution in [2.45, 2.75) is 20.3 Å². The van der Waals surface area contributed by atoms with Gasteiger partial charge in [-0.1, -0.05) is 13.8 Å². The monoisotopic (exact) mass is 294 g/mol. The van der Waals surface area contributed by atoms with Gasteiger partial charge in [0.2, 0.25) is 5.91 Å². The third-order valence-electron chi connectivity index (χ3n) is 2.72. The first-order valence-electron chi connectivity index (χ1n) is 6.63. The van der Waals surface area contributed by atoms with Crippen LogP contribution >= 0.6 is 0 Å². The molecule has 6 heteroatoms. The summed E-state index contributed by atoms with van der Waals surface area (Å²) >= 11 is 0. The van der Waals surface area contributed by atoms with Crippen LogP contribution < -0.4 is 19.6 Å². The molecule has 0 heterocycles. The van der Waals surface area contributed by atoms with Gasteiger partial charge in [0.1, 0.15) is 5.75 Å². The smallest absolute Gasteiger partial charge is 0.240 e. The Morgan fingerprint density at radius 3 is 2.24 bits per heavy atom. The van der Waals surface area contributed by atoms with Crippen molar-refractivity contribution in [1.29, 1.82) is 0 Å². The van der Waals surface area contributed by atoms with E-state index in [9.17, 15) is 4.79 Å². The van der Waals surface area contributed by atoms with Crippen molar-refractivity contribution in [1.82, 2.24) is 5.43 Å². The fourth-order valence-electron chi connectivity index (χ4n) is 1.74. The van der Waals surface area contributed by atoms with E-state index in [2.05, 4.69) is 10.5 Å². The van der Waals surface area contributed by atoms with Crippen LogP contribution in [-0.2, 0) is 4.79 Å². The summed E-state index contributed by atoms with van der Waals surface area (Å²) < 4.78 is 15.7. The van der Waals surface area contributed by atoms with Gasteiger partial charge in [-0.05, 0) is 12.0 Å².